The number of benzene rings is 2. The summed E-state index contributed by atoms with van der Waals surface area (Å²) in [7, 11) is 6.43. The minimum Gasteiger partial charge on any atom is -0.497 e. The Labute approximate surface area is 180 Å². The van der Waals surface area contributed by atoms with Crippen molar-refractivity contribution in [3.8, 4) is 34.3 Å². The lowest BCUT2D eigenvalue weighted by Gasteiger charge is -2.14. The highest BCUT2D eigenvalue weighted by Gasteiger charge is 2.19. The topological polar surface area (TPSA) is 79.1 Å². The molecule has 0 aliphatic rings. The van der Waals surface area contributed by atoms with E-state index in [2.05, 4.69) is 10.3 Å². The zero-order valence-electron chi connectivity index (χ0n) is 17.9. The Balaban J connectivity index is 1.78. The van der Waals surface area contributed by atoms with E-state index in [-0.39, 0.29) is 0 Å². The Kier molecular flexibility index (Phi) is 5.79. The summed E-state index contributed by atoms with van der Waals surface area (Å²) in [5.74, 6) is 3.32. The van der Waals surface area contributed by atoms with E-state index in [1.165, 1.54) is 0 Å². The average molecular weight is 420 g/mol. The lowest BCUT2D eigenvalue weighted by molar-refractivity contribution is 0.324. The fourth-order valence-electron chi connectivity index (χ4n) is 3.42. The van der Waals surface area contributed by atoms with Crippen molar-refractivity contribution in [1.29, 1.82) is 0 Å². The first-order chi connectivity index (χ1) is 15.2. The molecule has 4 aromatic rings. The summed E-state index contributed by atoms with van der Waals surface area (Å²) >= 11 is 0. The molecular weight excluding hydrogens is 396 g/mol. The van der Waals surface area contributed by atoms with E-state index in [4.69, 9.17) is 23.9 Å². The highest BCUT2D eigenvalue weighted by molar-refractivity contribution is 5.79. The summed E-state index contributed by atoms with van der Waals surface area (Å²) < 4.78 is 23.7. The number of ether oxygens (including phenoxy) is 4. The number of hydrogen-bond acceptors (Lipinski definition) is 7. The molecule has 0 saturated heterocycles. The molecule has 0 fully saturated rings. The number of imidazole rings is 1. The molecule has 2 aromatic heterocycles. The van der Waals surface area contributed by atoms with Gasteiger partial charge in [0.05, 0.1) is 34.6 Å². The number of hydrogen-bond donors (Lipinski definition) is 1. The highest BCUT2D eigenvalue weighted by atomic mass is 16.5. The van der Waals surface area contributed by atoms with E-state index in [1.807, 2.05) is 47.0 Å². The maximum atomic E-state index is 5.52. The summed E-state index contributed by atoms with van der Waals surface area (Å²) in [6, 6.07) is 11.7. The molecule has 8 heteroatoms. The Morgan fingerprint density at radius 1 is 0.903 bits per heavy atom. The van der Waals surface area contributed by atoms with Gasteiger partial charge in [0.1, 0.15) is 17.3 Å². The van der Waals surface area contributed by atoms with Gasteiger partial charge in [-0.15, -0.1) is 0 Å². The smallest absolute Gasteiger partial charge is 0.203 e. The number of nitrogens with zero attached hydrogens (tertiary/aromatic N) is 3. The minimum absolute atomic E-state index is 0.534. The van der Waals surface area contributed by atoms with E-state index in [0.717, 1.165) is 34.0 Å². The first kappa shape index (κ1) is 20.3. The van der Waals surface area contributed by atoms with Crippen molar-refractivity contribution in [3.05, 3.63) is 60.6 Å². The second-order valence-corrected chi connectivity index (χ2v) is 6.73. The molecule has 2 aromatic carbocycles. The van der Waals surface area contributed by atoms with E-state index in [1.54, 1.807) is 40.8 Å². The summed E-state index contributed by atoms with van der Waals surface area (Å²) in [5, 5.41) is 3.51. The number of aromatic nitrogens is 3. The van der Waals surface area contributed by atoms with Crippen LogP contribution in [0, 0.1) is 0 Å². The molecule has 0 atom stereocenters. The van der Waals surface area contributed by atoms with Crippen molar-refractivity contribution >= 4 is 11.5 Å². The second-order valence-electron chi connectivity index (χ2n) is 6.73. The van der Waals surface area contributed by atoms with Crippen LogP contribution in [0.4, 0.5) is 5.82 Å². The second kappa shape index (κ2) is 8.83. The van der Waals surface area contributed by atoms with Gasteiger partial charge in [-0.1, -0.05) is 12.1 Å². The molecule has 0 saturated carbocycles. The van der Waals surface area contributed by atoms with Crippen LogP contribution < -0.4 is 24.3 Å². The SMILES string of the molecule is COc1ccc(CNc2c(-c3cc(OC)c(OC)c(OC)c3)nc3cnccn23)cc1. The van der Waals surface area contributed by atoms with Gasteiger partial charge in [0, 0.05) is 24.5 Å². The van der Waals surface area contributed by atoms with Crippen LogP contribution in [0.15, 0.2) is 55.0 Å². The molecule has 1 N–H and O–H groups in total. The summed E-state index contributed by atoms with van der Waals surface area (Å²) in [6.45, 7) is 0.609. The quantitative estimate of drug-likeness (QED) is 0.461. The molecular formula is C23H24N4O4. The molecule has 2 heterocycles. The van der Waals surface area contributed by atoms with E-state index in [9.17, 15) is 0 Å². The lowest BCUT2D eigenvalue weighted by Crippen LogP contribution is -2.04. The van der Waals surface area contributed by atoms with Crippen LogP contribution in [0.3, 0.4) is 0 Å². The molecule has 0 unspecified atom stereocenters. The van der Waals surface area contributed by atoms with Gasteiger partial charge in [0.15, 0.2) is 17.1 Å². The van der Waals surface area contributed by atoms with Crippen LogP contribution >= 0.6 is 0 Å². The predicted molar refractivity (Wildman–Crippen MR) is 118 cm³/mol. The predicted octanol–water partition coefficient (Wildman–Crippen LogP) is 4.04. The molecule has 0 spiro atoms. The molecule has 4 rings (SSSR count). The molecule has 0 aliphatic heterocycles. The third-order valence-corrected chi connectivity index (χ3v) is 4.99. The van der Waals surface area contributed by atoms with Crippen LogP contribution in [0.1, 0.15) is 5.56 Å². The zero-order chi connectivity index (χ0) is 21.8. The number of fused-ring (bicyclic) bond motifs is 1. The zero-order valence-corrected chi connectivity index (χ0v) is 17.9. The number of nitrogens with one attached hydrogen (secondary N) is 1. The highest BCUT2D eigenvalue weighted by Crippen LogP contribution is 2.42. The van der Waals surface area contributed by atoms with Gasteiger partial charge in [0.2, 0.25) is 5.75 Å². The Morgan fingerprint density at radius 2 is 1.61 bits per heavy atom. The van der Waals surface area contributed by atoms with E-state index >= 15 is 0 Å². The standard InChI is InChI=1S/C23H24N4O4/c1-28-17-7-5-15(6-8-17)13-25-23-21(26-20-14-24-9-10-27(20)23)16-11-18(29-2)22(31-4)19(12-16)30-3/h5-12,14,25H,13H2,1-4H3. The number of rotatable bonds is 8. The van der Waals surface area contributed by atoms with Crippen molar-refractivity contribution in [3.63, 3.8) is 0 Å². The van der Waals surface area contributed by atoms with Crippen LogP contribution in [0.25, 0.3) is 16.9 Å². The number of methoxy groups -OCH3 is 4. The van der Waals surface area contributed by atoms with E-state index in [0.29, 0.717) is 23.8 Å². The summed E-state index contributed by atoms with van der Waals surface area (Å²) in [6.07, 6.45) is 5.33. The van der Waals surface area contributed by atoms with Gasteiger partial charge in [-0.3, -0.25) is 9.38 Å². The molecule has 31 heavy (non-hydrogen) atoms. The molecule has 0 aliphatic carbocycles. The molecule has 0 radical (unpaired) electrons. The molecule has 0 amide bonds. The van der Waals surface area contributed by atoms with Gasteiger partial charge in [-0.2, -0.15) is 0 Å². The Hall–Kier alpha value is -3.94. The summed E-state index contributed by atoms with van der Waals surface area (Å²) in [5.41, 5.74) is 3.42. The largest absolute Gasteiger partial charge is 0.497 e. The Morgan fingerprint density at radius 3 is 2.23 bits per heavy atom. The van der Waals surface area contributed by atoms with Gasteiger partial charge in [-0.05, 0) is 29.8 Å². The van der Waals surface area contributed by atoms with Gasteiger partial charge in [0.25, 0.3) is 0 Å². The molecule has 8 nitrogen and oxygen atoms in total. The van der Waals surface area contributed by atoms with Crippen LogP contribution in [-0.4, -0.2) is 42.8 Å². The van der Waals surface area contributed by atoms with Crippen LogP contribution in [-0.2, 0) is 6.54 Å². The fourth-order valence-corrected chi connectivity index (χ4v) is 3.42. The maximum absolute atomic E-state index is 5.52. The van der Waals surface area contributed by atoms with Crippen molar-refractivity contribution in [2.75, 3.05) is 33.8 Å². The van der Waals surface area contributed by atoms with E-state index < -0.39 is 0 Å². The first-order valence-corrected chi connectivity index (χ1v) is 9.67. The van der Waals surface area contributed by atoms with Gasteiger partial charge in [-0.25, -0.2) is 4.98 Å². The van der Waals surface area contributed by atoms with Gasteiger partial charge >= 0.3 is 0 Å². The van der Waals surface area contributed by atoms with Gasteiger partial charge < -0.3 is 24.3 Å². The monoisotopic (exact) mass is 420 g/mol. The van der Waals surface area contributed by atoms with Crippen LogP contribution in [0.2, 0.25) is 0 Å². The minimum atomic E-state index is 0.534. The van der Waals surface area contributed by atoms with Crippen LogP contribution in [0.5, 0.6) is 23.0 Å². The average Bonchev–Trinajstić information content (AvgIpc) is 3.20. The molecule has 0 bridgehead atoms. The maximum Gasteiger partial charge on any atom is 0.203 e. The Bertz CT molecular complexity index is 1160. The summed E-state index contributed by atoms with van der Waals surface area (Å²) in [4.78, 5) is 8.99. The third-order valence-electron chi connectivity index (χ3n) is 4.99. The van der Waals surface area contributed by atoms with Crippen molar-refractivity contribution in [1.82, 2.24) is 14.4 Å². The number of anilines is 1. The fraction of sp³-hybridized carbons (Fsp3) is 0.217. The molecule has 160 valence electrons. The third kappa shape index (κ3) is 3.92. The lowest BCUT2D eigenvalue weighted by atomic mass is 10.1. The first-order valence-electron chi connectivity index (χ1n) is 9.67. The van der Waals surface area contributed by atoms with Crippen molar-refractivity contribution in [2.45, 2.75) is 6.54 Å². The normalized spacial score (nSPS) is 10.7. The van der Waals surface area contributed by atoms with Crippen molar-refractivity contribution < 1.29 is 18.9 Å². The van der Waals surface area contributed by atoms with Crippen molar-refractivity contribution in [2.24, 2.45) is 0 Å².